The molecule has 0 spiro atoms. The van der Waals surface area contributed by atoms with Gasteiger partial charge in [-0.05, 0) is 26.7 Å². The number of allylic oxidation sites excluding steroid dienone is 1. The quantitative estimate of drug-likeness (QED) is 0.603. The first-order chi connectivity index (χ1) is 4.95. The summed E-state index contributed by atoms with van der Waals surface area (Å²) in [6.45, 7) is 16.0. The van der Waals surface area contributed by atoms with Crippen molar-refractivity contribution in [3.8, 4) is 0 Å². The number of hydrogen-bond acceptors (Lipinski definition) is 1. The molecule has 0 heterocycles. The van der Waals surface area contributed by atoms with Gasteiger partial charge in [-0.2, -0.15) is 0 Å². The Labute approximate surface area is 71.1 Å². The Morgan fingerprint density at radius 3 is 1.82 bits per heavy atom. The van der Waals surface area contributed by atoms with Gasteiger partial charge in [0.25, 0.3) is 0 Å². The fraction of sp³-hybridized carbons (Fsp3) is 0.800. The lowest BCUT2D eigenvalue weighted by molar-refractivity contribution is 0.255. The molecule has 0 radical (unpaired) electrons. The molecule has 0 aromatic rings. The largest absolute Gasteiger partial charge is 0.373 e. The average Bonchev–Trinajstić information content (AvgIpc) is 1.81. The second-order valence-electron chi connectivity index (χ2n) is 3.88. The molecule has 0 bridgehead atoms. The van der Waals surface area contributed by atoms with Crippen LogP contribution in [0, 0.1) is 5.92 Å². The van der Waals surface area contributed by atoms with Crippen molar-refractivity contribution in [2.75, 3.05) is 6.54 Å². The van der Waals surface area contributed by atoms with Gasteiger partial charge in [-0.1, -0.05) is 20.4 Å². The van der Waals surface area contributed by atoms with Gasteiger partial charge in [-0.3, -0.25) is 0 Å². The van der Waals surface area contributed by atoms with Crippen LogP contribution in [0.1, 0.15) is 34.6 Å². The molecular weight excluding hydrogens is 134 g/mol. The van der Waals surface area contributed by atoms with Crippen LogP contribution in [0.5, 0.6) is 0 Å². The highest BCUT2D eigenvalue weighted by Crippen LogP contribution is 2.09. The molecule has 0 aliphatic rings. The van der Waals surface area contributed by atoms with E-state index in [9.17, 15) is 0 Å². The Bertz CT molecular complexity index is 125. The standard InChI is InChI=1S/C10H21N/c1-8(2)7-11(9(3)4)10(5)6/h8,10H,3,7H2,1-2,4-6H3. The van der Waals surface area contributed by atoms with Crippen molar-refractivity contribution in [3.05, 3.63) is 12.3 Å². The minimum Gasteiger partial charge on any atom is -0.373 e. The zero-order valence-corrected chi connectivity index (χ0v) is 8.52. The molecular formula is C10H21N. The van der Waals surface area contributed by atoms with Crippen molar-refractivity contribution in [2.24, 2.45) is 5.92 Å². The van der Waals surface area contributed by atoms with Crippen molar-refractivity contribution in [1.82, 2.24) is 4.90 Å². The van der Waals surface area contributed by atoms with Crippen molar-refractivity contribution < 1.29 is 0 Å². The van der Waals surface area contributed by atoms with Gasteiger partial charge < -0.3 is 4.90 Å². The minimum absolute atomic E-state index is 0.579. The monoisotopic (exact) mass is 155 g/mol. The van der Waals surface area contributed by atoms with Crippen LogP contribution in [0.15, 0.2) is 12.3 Å². The van der Waals surface area contributed by atoms with Crippen LogP contribution in [0.3, 0.4) is 0 Å². The summed E-state index contributed by atoms with van der Waals surface area (Å²) >= 11 is 0. The molecule has 1 heteroatoms. The van der Waals surface area contributed by atoms with Crippen molar-refractivity contribution >= 4 is 0 Å². The number of hydrogen-bond donors (Lipinski definition) is 0. The molecule has 0 saturated carbocycles. The highest BCUT2D eigenvalue weighted by Gasteiger charge is 2.09. The molecule has 0 rings (SSSR count). The summed E-state index contributed by atoms with van der Waals surface area (Å²) in [7, 11) is 0. The molecule has 0 saturated heterocycles. The predicted molar refractivity (Wildman–Crippen MR) is 51.5 cm³/mol. The SMILES string of the molecule is C=C(C)N(CC(C)C)C(C)C. The van der Waals surface area contributed by atoms with Crippen LogP contribution in [0.25, 0.3) is 0 Å². The Balaban J connectivity index is 4.01. The molecule has 0 amide bonds. The zero-order chi connectivity index (χ0) is 9.02. The smallest absolute Gasteiger partial charge is 0.0230 e. The molecule has 0 aromatic heterocycles. The van der Waals surface area contributed by atoms with E-state index >= 15 is 0 Å². The predicted octanol–water partition coefficient (Wildman–Crippen LogP) is 2.89. The number of nitrogens with zero attached hydrogens (tertiary/aromatic N) is 1. The number of rotatable bonds is 4. The molecule has 0 unspecified atom stereocenters. The second-order valence-corrected chi connectivity index (χ2v) is 3.88. The second kappa shape index (κ2) is 4.42. The topological polar surface area (TPSA) is 3.24 Å². The van der Waals surface area contributed by atoms with Crippen LogP contribution < -0.4 is 0 Å². The highest BCUT2D eigenvalue weighted by molar-refractivity contribution is 4.90. The van der Waals surface area contributed by atoms with Crippen molar-refractivity contribution in [1.29, 1.82) is 0 Å². The molecule has 0 aliphatic heterocycles. The lowest BCUT2D eigenvalue weighted by atomic mass is 10.1. The van der Waals surface area contributed by atoms with E-state index in [0.717, 1.165) is 6.54 Å². The fourth-order valence-corrected chi connectivity index (χ4v) is 1.20. The maximum Gasteiger partial charge on any atom is 0.0230 e. The van der Waals surface area contributed by atoms with E-state index < -0.39 is 0 Å². The normalized spacial score (nSPS) is 10.8. The third kappa shape index (κ3) is 4.07. The van der Waals surface area contributed by atoms with Crippen LogP contribution in [-0.4, -0.2) is 17.5 Å². The van der Waals surface area contributed by atoms with Gasteiger partial charge in [-0.25, -0.2) is 0 Å². The van der Waals surface area contributed by atoms with Gasteiger partial charge in [0, 0.05) is 18.3 Å². The molecule has 1 nitrogen and oxygen atoms in total. The Kier molecular flexibility index (Phi) is 4.24. The van der Waals surface area contributed by atoms with E-state index in [1.54, 1.807) is 0 Å². The fourth-order valence-electron chi connectivity index (χ4n) is 1.20. The highest BCUT2D eigenvalue weighted by atomic mass is 15.2. The molecule has 0 fully saturated rings. The zero-order valence-electron chi connectivity index (χ0n) is 8.52. The molecule has 0 atom stereocenters. The summed E-state index contributed by atoms with van der Waals surface area (Å²) in [6.07, 6.45) is 0. The summed E-state index contributed by atoms with van der Waals surface area (Å²) in [5.74, 6) is 0.717. The van der Waals surface area contributed by atoms with Crippen LogP contribution in [0.2, 0.25) is 0 Å². The molecule has 0 aromatic carbocycles. The summed E-state index contributed by atoms with van der Waals surface area (Å²) in [6, 6.07) is 0.579. The van der Waals surface area contributed by atoms with E-state index in [4.69, 9.17) is 0 Å². The Hall–Kier alpha value is -0.460. The van der Waals surface area contributed by atoms with E-state index in [1.807, 2.05) is 0 Å². The van der Waals surface area contributed by atoms with E-state index in [1.165, 1.54) is 5.70 Å². The minimum atomic E-state index is 0.579. The average molecular weight is 155 g/mol. The lowest BCUT2D eigenvalue weighted by Crippen LogP contribution is -2.32. The molecule has 0 aliphatic carbocycles. The summed E-state index contributed by atoms with van der Waals surface area (Å²) in [5, 5.41) is 0. The van der Waals surface area contributed by atoms with Gasteiger partial charge in [0.2, 0.25) is 0 Å². The van der Waals surface area contributed by atoms with Gasteiger partial charge in [0.1, 0.15) is 0 Å². The summed E-state index contributed by atoms with van der Waals surface area (Å²) in [4.78, 5) is 2.34. The first kappa shape index (κ1) is 10.5. The third-order valence-corrected chi connectivity index (χ3v) is 1.68. The van der Waals surface area contributed by atoms with Crippen LogP contribution >= 0.6 is 0 Å². The summed E-state index contributed by atoms with van der Waals surface area (Å²) in [5.41, 5.74) is 1.17. The molecule has 66 valence electrons. The molecule has 11 heavy (non-hydrogen) atoms. The van der Waals surface area contributed by atoms with Crippen LogP contribution in [-0.2, 0) is 0 Å². The van der Waals surface area contributed by atoms with E-state index in [2.05, 4.69) is 46.1 Å². The van der Waals surface area contributed by atoms with Gasteiger partial charge in [-0.15, -0.1) is 0 Å². The maximum absolute atomic E-state index is 3.96. The Morgan fingerprint density at radius 2 is 1.73 bits per heavy atom. The Morgan fingerprint density at radius 1 is 1.27 bits per heavy atom. The van der Waals surface area contributed by atoms with Gasteiger partial charge in [0.05, 0.1) is 0 Å². The first-order valence-electron chi connectivity index (χ1n) is 4.37. The van der Waals surface area contributed by atoms with E-state index in [0.29, 0.717) is 12.0 Å². The van der Waals surface area contributed by atoms with Gasteiger partial charge >= 0.3 is 0 Å². The van der Waals surface area contributed by atoms with Crippen LogP contribution in [0.4, 0.5) is 0 Å². The third-order valence-electron chi connectivity index (χ3n) is 1.68. The molecule has 0 N–H and O–H groups in total. The first-order valence-corrected chi connectivity index (χ1v) is 4.37. The van der Waals surface area contributed by atoms with Crippen molar-refractivity contribution in [3.63, 3.8) is 0 Å². The van der Waals surface area contributed by atoms with Gasteiger partial charge in [0.15, 0.2) is 0 Å². The summed E-state index contributed by atoms with van der Waals surface area (Å²) < 4.78 is 0. The lowest BCUT2D eigenvalue weighted by Gasteiger charge is -2.30. The van der Waals surface area contributed by atoms with Crippen molar-refractivity contribution in [2.45, 2.75) is 40.7 Å². The maximum atomic E-state index is 3.96. The van der Waals surface area contributed by atoms with E-state index in [-0.39, 0.29) is 0 Å².